The van der Waals surface area contributed by atoms with Crippen molar-refractivity contribution in [3.8, 4) is 0 Å². The van der Waals surface area contributed by atoms with Crippen LogP contribution < -0.4 is 10.6 Å². The number of halogens is 1. The maximum Gasteiger partial charge on any atom is 0.239 e. The molecule has 5 nitrogen and oxygen atoms in total. The summed E-state index contributed by atoms with van der Waals surface area (Å²) in [5.74, 6) is 0.605. The fourth-order valence-electron chi connectivity index (χ4n) is 3.84. The van der Waals surface area contributed by atoms with E-state index in [1.807, 2.05) is 0 Å². The number of carbonyl (C=O) groups excluding carboxylic acids is 2. The normalized spacial score (nSPS) is 31.0. The van der Waals surface area contributed by atoms with Crippen molar-refractivity contribution in [3.05, 3.63) is 0 Å². The van der Waals surface area contributed by atoms with Crippen molar-refractivity contribution in [2.24, 2.45) is 11.3 Å². The molecule has 0 unspecified atom stereocenters. The zero-order valence-electron chi connectivity index (χ0n) is 12.7. The Morgan fingerprint density at radius 1 is 1.29 bits per heavy atom. The van der Waals surface area contributed by atoms with Gasteiger partial charge >= 0.3 is 0 Å². The minimum Gasteiger partial charge on any atom is -0.352 e. The number of fused-ring (bicyclic) bond motifs is 1. The van der Waals surface area contributed by atoms with Crippen LogP contribution in [0, 0.1) is 11.3 Å². The third kappa shape index (κ3) is 3.34. The van der Waals surface area contributed by atoms with Gasteiger partial charge in [0.05, 0.1) is 12.0 Å². The van der Waals surface area contributed by atoms with Gasteiger partial charge in [0, 0.05) is 19.6 Å². The van der Waals surface area contributed by atoms with Crippen molar-refractivity contribution in [1.82, 2.24) is 15.5 Å². The Bertz CT molecular complexity index is 414. The number of nitrogens with zero attached hydrogens (tertiary/aromatic N) is 1. The third-order valence-electron chi connectivity index (χ3n) is 5.13. The van der Waals surface area contributed by atoms with E-state index in [1.54, 1.807) is 11.9 Å². The lowest BCUT2D eigenvalue weighted by Crippen LogP contribution is -2.50. The number of hydrogen-bond donors (Lipinski definition) is 2. The number of rotatable bonds is 4. The molecule has 2 N–H and O–H groups in total. The standard InChI is InChI=1S/C15H25N3O2.ClH/c1-18(9-13(19)17-12-5-6-12)14(20)15-7-3-2-4-11(15)8-16-10-15;/h11-12,16H,2-10H2,1H3,(H,17,19);1H/t11-,15+;/m0./s1. The minimum absolute atomic E-state index is 0. The molecule has 0 spiro atoms. The van der Waals surface area contributed by atoms with Crippen LogP contribution in [0.2, 0.25) is 0 Å². The molecule has 0 aromatic rings. The smallest absolute Gasteiger partial charge is 0.239 e. The van der Waals surface area contributed by atoms with Gasteiger partial charge in [0.1, 0.15) is 0 Å². The van der Waals surface area contributed by atoms with Crippen molar-refractivity contribution < 1.29 is 9.59 Å². The Morgan fingerprint density at radius 2 is 2.05 bits per heavy atom. The molecular weight excluding hydrogens is 290 g/mol. The maximum atomic E-state index is 12.8. The quantitative estimate of drug-likeness (QED) is 0.811. The molecular formula is C15H26ClN3O2. The lowest BCUT2D eigenvalue weighted by atomic mass is 9.67. The number of carbonyl (C=O) groups is 2. The van der Waals surface area contributed by atoms with E-state index in [0.717, 1.165) is 45.2 Å². The summed E-state index contributed by atoms with van der Waals surface area (Å²) in [5.41, 5.74) is -0.243. The fourth-order valence-corrected chi connectivity index (χ4v) is 3.84. The number of amides is 2. The first kappa shape index (κ1) is 16.6. The van der Waals surface area contributed by atoms with Gasteiger partial charge < -0.3 is 15.5 Å². The van der Waals surface area contributed by atoms with Gasteiger partial charge in [-0.05, 0) is 38.1 Å². The summed E-state index contributed by atoms with van der Waals surface area (Å²) in [6.07, 6.45) is 6.64. The minimum atomic E-state index is -0.243. The first-order valence-electron chi connectivity index (χ1n) is 7.87. The fraction of sp³-hybridized carbons (Fsp3) is 0.867. The first-order chi connectivity index (χ1) is 9.62. The zero-order valence-corrected chi connectivity index (χ0v) is 13.5. The van der Waals surface area contributed by atoms with Crippen LogP contribution in [0.5, 0.6) is 0 Å². The molecule has 2 atom stereocenters. The van der Waals surface area contributed by atoms with Crippen molar-refractivity contribution >= 4 is 24.2 Å². The Labute approximate surface area is 132 Å². The van der Waals surface area contributed by atoms with E-state index in [4.69, 9.17) is 0 Å². The predicted octanol–water partition coefficient (Wildman–Crippen LogP) is 0.925. The molecule has 0 bridgehead atoms. The molecule has 3 fully saturated rings. The lowest BCUT2D eigenvalue weighted by molar-refractivity contribution is -0.146. The lowest BCUT2D eigenvalue weighted by Gasteiger charge is -2.39. The summed E-state index contributed by atoms with van der Waals surface area (Å²) in [5, 5.41) is 6.34. The molecule has 0 aromatic carbocycles. The van der Waals surface area contributed by atoms with Crippen LogP contribution >= 0.6 is 12.4 Å². The highest BCUT2D eigenvalue weighted by molar-refractivity contribution is 5.88. The zero-order chi connectivity index (χ0) is 14.2. The van der Waals surface area contributed by atoms with Gasteiger partial charge in [0.15, 0.2) is 0 Å². The Morgan fingerprint density at radius 3 is 2.76 bits per heavy atom. The molecule has 1 aliphatic heterocycles. The molecule has 120 valence electrons. The molecule has 0 radical (unpaired) electrons. The van der Waals surface area contributed by atoms with Gasteiger partial charge in [-0.3, -0.25) is 9.59 Å². The SMILES string of the molecule is CN(CC(=O)NC1CC1)C(=O)[C@@]12CCCC[C@H]1CNC2.Cl. The van der Waals surface area contributed by atoms with E-state index in [-0.39, 0.29) is 36.2 Å². The summed E-state index contributed by atoms with van der Waals surface area (Å²) in [7, 11) is 1.77. The second-order valence-corrected chi connectivity index (χ2v) is 6.73. The number of nitrogens with one attached hydrogen (secondary N) is 2. The molecule has 3 aliphatic rings. The molecule has 21 heavy (non-hydrogen) atoms. The van der Waals surface area contributed by atoms with Crippen LogP contribution in [-0.2, 0) is 9.59 Å². The van der Waals surface area contributed by atoms with Gasteiger partial charge in [-0.15, -0.1) is 12.4 Å². The monoisotopic (exact) mass is 315 g/mol. The average Bonchev–Trinajstić information content (AvgIpc) is 3.13. The van der Waals surface area contributed by atoms with Crippen LogP contribution in [0.25, 0.3) is 0 Å². The first-order valence-corrected chi connectivity index (χ1v) is 7.87. The van der Waals surface area contributed by atoms with Gasteiger partial charge in [-0.1, -0.05) is 12.8 Å². The summed E-state index contributed by atoms with van der Waals surface area (Å²) in [6.45, 7) is 1.93. The molecule has 6 heteroatoms. The second kappa shape index (κ2) is 6.53. The second-order valence-electron chi connectivity index (χ2n) is 6.73. The van der Waals surface area contributed by atoms with E-state index in [0.29, 0.717) is 12.0 Å². The van der Waals surface area contributed by atoms with Gasteiger partial charge in [-0.25, -0.2) is 0 Å². The van der Waals surface area contributed by atoms with Crippen LogP contribution in [0.3, 0.4) is 0 Å². The highest BCUT2D eigenvalue weighted by Gasteiger charge is 2.51. The van der Waals surface area contributed by atoms with Gasteiger partial charge in [0.25, 0.3) is 0 Å². The summed E-state index contributed by atoms with van der Waals surface area (Å²) >= 11 is 0. The topological polar surface area (TPSA) is 61.4 Å². The molecule has 1 saturated heterocycles. The van der Waals surface area contributed by atoms with Crippen LogP contribution in [-0.4, -0.2) is 49.4 Å². The Kier molecular flexibility index (Phi) is 5.15. The van der Waals surface area contributed by atoms with E-state index >= 15 is 0 Å². The molecule has 0 aromatic heterocycles. The van der Waals surface area contributed by atoms with E-state index in [9.17, 15) is 9.59 Å². The third-order valence-corrected chi connectivity index (χ3v) is 5.13. The summed E-state index contributed by atoms with van der Waals surface area (Å²) in [4.78, 5) is 26.3. The highest BCUT2D eigenvalue weighted by atomic mass is 35.5. The van der Waals surface area contributed by atoms with E-state index in [1.165, 1.54) is 6.42 Å². The van der Waals surface area contributed by atoms with E-state index in [2.05, 4.69) is 10.6 Å². The molecule has 3 rings (SSSR count). The van der Waals surface area contributed by atoms with Crippen molar-refractivity contribution in [2.75, 3.05) is 26.7 Å². The molecule has 2 saturated carbocycles. The summed E-state index contributed by atoms with van der Waals surface area (Å²) < 4.78 is 0. The van der Waals surface area contributed by atoms with Crippen LogP contribution in [0.15, 0.2) is 0 Å². The number of likely N-dealkylation sites (N-methyl/N-ethyl adjacent to an activating group) is 1. The highest BCUT2D eigenvalue weighted by Crippen LogP contribution is 2.44. The number of hydrogen-bond acceptors (Lipinski definition) is 3. The van der Waals surface area contributed by atoms with Gasteiger partial charge in [0.2, 0.25) is 11.8 Å². The molecule has 2 amide bonds. The van der Waals surface area contributed by atoms with Crippen molar-refractivity contribution in [3.63, 3.8) is 0 Å². The van der Waals surface area contributed by atoms with Crippen LogP contribution in [0.4, 0.5) is 0 Å². The predicted molar refractivity (Wildman–Crippen MR) is 83.3 cm³/mol. The molecule has 2 aliphatic carbocycles. The summed E-state index contributed by atoms with van der Waals surface area (Å²) in [6, 6.07) is 0.361. The van der Waals surface area contributed by atoms with Gasteiger partial charge in [-0.2, -0.15) is 0 Å². The Balaban J connectivity index is 0.00000161. The van der Waals surface area contributed by atoms with Crippen LogP contribution in [0.1, 0.15) is 38.5 Å². The molecule has 1 heterocycles. The maximum absolute atomic E-state index is 12.8. The largest absolute Gasteiger partial charge is 0.352 e. The van der Waals surface area contributed by atoms with E-state index < -0.39 is 0 Å². The Hall–Kier alpha value is -0.810. The van der Waals surface area contributed by atoms with Crippen molar-refractivity contribution in [2.45, 2.75) is 44.6 Å². The van der Waals surface area contributed by atoms with Crippen molar-refractivity contribution in [1.29, 1.82) is 0 Å². The average molecular weight is 316 g/mol.